The van der Waals surface area contributed by atoms with Gasteiger partial charge in [0, 0.05) is 35.4 Å². The second-order valence-electron chi connectivity index (χ2n) is 10.6. The van der Waals surface area contributed by atoms with Gasteiger partial charge in [0.2, 0.25) is 5.67 Å². The van der Waals surface area contributed by atoms with Crippen LogP contribution < -0.4 is 10.6 Å². The number of hydrogen-bond acceptors (Lipinski definition) is 6. The summed E-state index contributed by atoms with van der Waals surface area (Å²) < 4.78 is 81.2. The number of hydrogen-bond donors (Lipinski definition) is 2. The van der Waals surface area contributed by atoms with Gasteiger partial charge >= 0.3 is 0 Å². The van der Waals surface area contributed by atoms with Crippen LogP contribution >= 0.6 is 12.2 Å². The molecular formula is C27H30F6N4O5S. The van der Waals surface area contributed by atoms with Gasteiger partial charge in [0.25, 0.3) is 17.3 Å². The minimum atomic E-state index is -2.63. The van der Waals surface area contributed by atoms with E-state index in [0.29, 0.717) is 0 Å². The molecule has 0 saturated carbocycles. The van der Waals surface area contributed by atoms with Crippen molar-refractivity contribution in [1.82, 2.24) is 10.6 Å². The van der Waals surface area contributed by atoms with Gasteiger partial charge in [-0.05, 0) is 51.7 Å². The van der Waals surface area contributed by atoms with Crippen LogP contribution in [0, 0.1) is 31.9 Å². The van der Waals surface area contributed by atoms with Crippen molar-refractivity contribution in [2.75, 3.05) is 13.3 Å². The molecule has 0 aromatic heterocycles. The number of alkyl halides is 4. The maximum atomic E-state index is 14.1. The molecule has 16 heteroatoms. The number of halogens is 6. The van der Waals surface area contributed by atoms with Gasteiger partial charge in [0.15, 0.2) is 5.67 Å². The highest BCUT2D eigenvalue weighted by Gasteiger charge is 2.49. The second kappa shape index (κ2) is 12.8. The number of amides is 1. The fraction of sp³-hybridized carbons (Fsp3) is 0.481. The van der Waals surface area contributed by atoms with Gasteiger partial charge in [-0.1, -0.05) is 19.6 Å². The number of piperidine rings is 2. The molecular weight excluding hydrogens is 606 g/mol. The van der Waals surface area contributed by atoms with Crippen LogP contribution in [-0.2, 0) is 15.9 Å². The molecule has 43 heavy (non-hydrogen) atoms. The van der Waals surface area contributed by atoms with Crippen LogP contribution in [-0.4, -0.2) is 45.4 Å². The smallest absolute Gasteiger partial charge is 0.269 e. The van der Waals surface area contributed by atoms with Crippen LogP contribution in [0.1, 0.15) is 58.1 Å². The number of thiocarbonyl (C=S) groups is 1. The third kappa shape index (κ3) is 7.05. The van der Waals surface area contributed by atoms with Crippen LogP contribution in [0.25, 0.3) is 0 Å². The largest absolute Gasteiger partial charge is 0.368 e. The summed E-state index contributed by atoms with van der Waals surface area (Å²) in [6.07, 6.45) is -0.648. The van der Waals surface area contributed by atoms with Crippen molar-refractivity contribution in [3.8, 4) is 0 Å². The number of nitro groups is 2. The van der Waals surface area contributed by atoms with Gasteiger partial charge in [-0.2, -0.15) is 0 Å². The van der Waals surface area contributed by atoms with Crippen LogP contribution in [0.3, 0.4) is 0 Å². The van der Waals surface area contributed by atoms with E-state index in [-0.39, 0.29) is 54.2 Å². The zero-order chi connectivity index (χ0) is 31.7. The average molecular weight is 637 g/mol. The first-order valence-electron chi connectivity index (χ1n) is 12.5. The maximum Gasteiger partial charge on any atom is 0.269 e. The SMILES string of the molecule is C.C[C@@]1(c2cc([N+](=O)[O-])ccc2F)CC[C@@](F)(CF)C(=O)N1.C[C@@]1(c2cc([N+](=O)[O-])ccc2F)CC[C@@](F)(CF)C(=S)N1. The molecule has 1 amide bonds. The fourth-order valence-corrected chi connectivity index (χ4v) is 5.11. The molecule has 0 bridgehead atoms. The minimum Gasteiger partial charge on any atom is -0.368 e. The number of carbonyl (C=O) groups excluding carboxylic acids is 1. The number of non-ortho nitro benzene ring substituents is 2. The summed E-state index contributed by atoms with van der Waals surface area (Å²) in [6, 6.07) is 6.02. The Bertz CT molecular complexity index is 1330. The lowest BCUT2D eigenvalue weighted by molar-refractivity contribution is -0.385. The first-order chi connectivity index (χ1) is 19.4. The topological polar surface area (TPSA) is 127 Å². The van der Waals surface area contributed by atoms with Crippen molar-refractivity contribution in [3.05, 3.63) is 79.4 Å². The van der Waals surface area contributed by atoms with E-state index in [1.165, 1.54) is 6.92 Å². The maximum absolute atomic E-state index is 14.1. The molecule has 0 spiro atoms. The van der Waals surface area contributed by atoms with Crippen molar-refractivity contribution in [2.45, 2.75) is 69.4 Å². The number of nitrogens with zero attached hydrogens (tertiary/aromatic N) is 2. The summed E-state index contributed by atoms with van der Waals surface area (Å²) >= 11 is 4.83. The van der Waals surface area contributed by atoms with E-state index in [1.807, 2.05) is 0 Å². The first-order valence-corrected chi connectivity index (χ1v) is 12.9. The molecule has 0 radical (unpaired) electrons. The van der Waals surface area contributed by atoms with Gasteiger partial charge in [-0.25, -0.2) is 26.3 Å². The van der Waals surface area contributed by atoms with Crippen LogP contribution in [0.15, 0.2) is 36.4 Å². The lowest BCUT2D eigenvalue weighted by atomic mass is 9.79. The van der Waals surface area contributed by atoms with E-state index in [9.17, 15) is 51.4 Å². The summed E-state index contributed by atoms with van der Waals surface area (Å²) in [5, 5.41) is 26.4. The number of nitro benzene ring substituents is 2. The molecule has 2 heterocycles. The molecule has 2 aromatic carbocycles. The summed E-state index contributed by atoms with van der Waals surface area (Å²) in [6.45, 7) is 0.253. The zero-order valence-electron chi connectivity index (χ0n) is 22.3. The molecule has 4 atom stereocenters. The first kappa shape index (κ1) is 35.4. The monoisotopic (exact) mass is 636 g/mol. The molecule has 236 valence electrons. The van der Waals surface area contributed by atoms with E-state index in [1.54, 1.807) is 6.92 Å². The number of carbonyl (C=O) groups is 1. The van der Waals surface area contributed by atoms with Crippen molar-refractivity contribution >= 4 is 34.5 Å². The highest BCUT2D eigenvalue weighted by molar-refractivity contribution is 7.80. The van der Waals surface area contributed by atoms with Gasteiger partial charge in [0.05, 0.1) is 20.9 Å². The molecule has 2 saturated heterocycles. The van der Waals surface area contributed by atoms with Crippen molar-refractivity contribution in [3.63, 3.8) is 0 Å². The van der Waals surface area contributed by atoms with E-state index in [0.717, 1.165) is 36.4 Å². The fourth-order valence-electron chi connectivity index (χ4n) is 4.73. The molecule has 4 rings (SSSR count). The Labute approximate surface area is 248 Å². The van der Waals surface area contributed by atoms with E-state index < -0.39 is 69.6 Å². The molecule has 0 aliphatic carbocycles. The minimum absolute atomic E-state index is 0. The predicted octanol–water partition coefficient (Wildman–Crippen LogP) is 6.51. The Morgan fingerprint density at radius 3 is 1.53 bits per heavy atom. The number of benzene rings is 2. The molecule has 2 aromatic rings. The van der Waals surface area contributed by atoms with Crippen LogP contribution in [0.4, 0.5) is 37.7 Å². The van der Waals surface area contributed by atoms with Crippen molar-refractivity contribution in [1.29, 1.82) is 0 Å². The number of nitrogens with one attached hydrogen (secondary N) is 2. The summed E-state index contributed by atoms with van der Waals surface area (Å²) in [5.41, 5.74) is -8.04. The summed E-state index contributed by atoms with van der Waals surface area (Å²) in [4.78, 5) is 31.5. The summed E-state index contributed by atoms with van der Waals surface area (Å²) in [5.74, 6) is -2.59. The second-order valence-corrected chi connectivity index (χ2v) is 11.0. The molecule has 0 unspecified atom stereocenters. The Hall–Kier alpha value is -3.82. The lowest BCUT2D eigenvalue weighted by Crippen LogP contribution is -2.58. The summed E-state index contributed by atoms with van der Waals surface area (Å²) in [7, 11) is 0. The van der Waals surface area contributed by atoms with Gasteiger partial charge in [-0.15, -0.1) is 0 Å². The van der Waals surface area contributed by atoms with Crippen molar-refractivity contribution < 1.29 is 41.0 Å². The number of rotatable bonds is 6. The highest BCUT2D eigenvalue weighted by atomic mass is 32.1. The highest BCUT2D eigenvalue weighted by Crippen LogP contribution is 2.40. The third-order valence-electron chi connectivity index (χ3n) is 7.57. The molecule has 2 N–H and O–H groups in total. The van der Waals surface area contributed by atoms with Crippen LogP contribution in [0.2, 0.25) is 0 Å². The molecule has 2 aliphatic rings. The van der Waals surface area contributed by atoms with Gasteiger partial charge in [-0.3, -0.25) is 25.0 Å². The van der Waals surface area contributed by atoms with Gasteiger partial charge < -0.3 is 10.6 Å². The molecule has 9 nitrogen and oxygen atoms in total. The van der Waals surface area contributed by atoms with E-state index >= 15 is 0 Å². The van der Waals surface area contributed by atoms with Gasteiger partial charge in [0.1, 0.15) is 30.0 Å². The normalized spacial score (nSPS) is 28.4. The Morgan fingerprint density at radius 1 is 0.791 bits per heavy atom. The Balaban J connectivity index is 0.000000293. The molecule has 2 fully saturated rings. The Morgan fingerprint density at radius 2 is 1.19 bits per heavy atom. The Kier molecular flexibility index (Phi) is 10.5. The van der Waals surface area contributed by atoms with Crippen LogP contribution in [0.5, 0.6) is 0 Å². The lowest BCUT2D eigenvalue weighted by Gasteiger charge is -2.42. The van der Waals surface area contributed by atoms with E-state index in [2.05, 4.69) is 10.6 Å². The zero-order valence-corrected chi connectivity index (χ0v) is 23.1. The standard InChI is InChI=1S/C13H13F3N2O3.C13H13F3N2O2S.CH4/c1-12(4-5-13(16,7-14)11(19)17-12)9-6-8(18(20)21)2-3-10(9)15;1-12(4-5-13(16,7-14)11(21)17-12)9-6-8(18(19)20)2-3-10(9)15;/h2-3,6H,4-5,7H2,1H3,(H,17,19);2-3,6H,4-5,7H2,1H3,(H,17,21);1H4/t2*12-,13+;/m00./s1. The van der Waals surface area contributed by atoms with E-state index in [4.69, 9.17) is 12.2 Å². The van der Waals surface area contributed by atoms with Crippen molar-refractivity contribution in [2.24, 2.45) is 0 Å². The predicted molar refractivity (Wildman–Crippen MR) is 150 cm³/mol. The quantitative estimate of drug-likeness (QED) is 0.160. The average Bonchev–Trinajstić information content (AvgIpc) is 2.94. The third-order valence-corrected chi connectivity index (χ3v) is 8.04. The molecule has 2 aliphatic heterocycles.